The molecule has 19 heavy (non-hydrogen) atoms. The molecule has 1 aromatic rings. The molecule has 0 atom stereocenters. The molecular weight excluding hydrogens is 280 g/mol. The minimum Gasteiger partial charge on any atom is -0.366 e. The number of primary amides is 1. The molecule has 0 radical (unpaired) electrons. The minimum absolute atomic E-state index is 0.0296. The lowest BCUT2D eigenvalue weighted by Gasteiger charge is -2.18. The Kier molecular flexibility index (Phi) is 3.60. The Balaban J connectivity index is 3.78. The van der Waals surface area contributed by atoms with Gasteiger partial charge < -0.3 is 5.73 Å². The Morgan fingerprint density at radius 1 is 1.05 bits per heavy atom. The van der Waals surface area contributed by atoms with Gasteiger partial charge in [0.15, 0.2) is 6.29 Å². The average Bonchev–Trinajstić information content (AvgIpc) is 2.24. The molecule has 0 bridgehead atoms. The van der Waals surface area contributed by atoms with Crippen LogP contribution in [0.5, 0.6) is 0 Å². The summed E-state index contributed by atoms with van der Waals surface area (Å²) >= 11 is 0. The van der Waals surface area contributed by atoms with Crippen molar-refractivity contribution in [1.29, 1.82) is 0 Å². The highest BCUT2D eigenvalue weighted by Crippen LogP contribution is 2.42. The molecule has 0 heterocycles. The highest BCUT2D eigenvalue weighted by atomic mass is 19.4. The number of carbonyl (C=O) groups is 2. The maximum Gasteiger partial charge on any atom is 0.417 e. The van der Waals surface area contributed by atoms with Crippen molar-refractivity contribution in [3.8, 4) is 0 Å². The van der Waals surface area contributed by atoms with E-state index in [1.165, 1.54) is 0 Å². The third-order valence-electron chi connectivity index (χ3n) is 2.17. The topological polar surface area (TPSA) is 60.2 Å². The predicted molar refractivity (Wildman–Crippen MR) is 50.4 cm³/mol. The van der Waals surface area contributed by atoms with Crippen molar-refractivity contribution in [2.24, 2.45) is 5.73 Å². The molecular formula is C10H5F6NO2. The van der Waals surface area contributed by atoms with E-state index in [2.05, 4.69) is 0 Å². The van der Waals surface area contributed by atoms with E-state index in [0.29, 0.717) is 6.07 Å². The van der Waals surface area contributed by atoms with Crippen LogP contribution in [0.2, 0.25) is 0 Å². The van der Waals surface area contributed by atoms with Gasteiger partial charge in [0.05, 0.1) is 11.1 Å². The molecule has 0 aliphatic heterocycles. The fourth-order valence-corrected chi connectivity index (χ4v) is 1.44. The maximum atomic E-state index is 12.6. The molecule has 0 saturated heterocycles. The van der Waals surface area contributed by atoms with E-state index in [9.17, 15) is 35.9 Å². The Labute approximate surface area is 102 Å². The molecule has 3 nitrogen and oxygen atoms in total. The number of aldehydes is 1. The lowest BCUT2D eigenvalue weighted by Crippen LogP contribution is -2.22. The number of benzene rings is 1. The van der Waals surface area contributed by atoms with Crippen LogP contribution in [0.3, 0.4) is 0 Å². The van der Waals surface area contributed by atoms with E-state index in [4.69, 9.17) is 5.73 Å². The molecule has 0 aliphatic rings. The van der Waals surface area contributed by atoms with E-state index in [1.54, 1.807) is 0 Å². The maximum absolute atomic E-state index is 12.6. The number of hydrogen-bond acceptors (Lipinski definition) is 2. The van der Waals surface area contributed by atoms with Gasteiger partial charge in [0, 0.05) is 11.1 Å². The number of halogens is 6. The summed E-state index contributed by atoms with van der Waals surface area (Å²) in [5.41, 5.74) is -1.69. The SMILES string of the molecule is NC(=O)c1cc(C=O)c(C(F)(F)F)c(C(F)(F)F)c1. The number of carbonyl (C=O) groups excluding carboxylic acids is 2. The van der Waals surface area contributed by atoms with Crippen molar-refractivity contribution < 1.29 is 35.9 Å². The van der Waals surface area contributed by atoms with Gasteiger partial charge in [-0.05, 0) is 12.1 Å². The Hall–Kier alpha value is -2.06. The summed E-state index contributed by atoms with van der Waals surface area (Å²) < 4.78 is 75.5. The molecule has 1 aromatic carbocycles. The molecule has 0 spiro atoms. The molecule has 0 fully saturated rings. The van der Waals surface area contributed by atoms with Crippen molar-refractivity contribution in [3.63, 3.8) is 0 Å². The zero-order valence-electron chi connectivity index (χ0n) is 8.89. The van der Waals surface area contributed by atoms with Gasteiger partial charge in [-0.25, -0.2) is 0 Å². The van der Waals surface area contributed by atoms with Crippen molar-refractivity contribution in [2.75, 3.05) is 0 Å². The second-order valence-electron chi connectivity index (χ2n) is 3.47. The first-order chi connectivity index (χ1) is 8.48. The van der Waals surface area contributed by atoms with Crippen molar-refractivity contribution in [1.82, 2.24) is 0 Å². The van der Waals surface area contributed by atoms with Crippen LogP contribution in [0.4, 0.5) is 26.3 Å². The number of alkyl halides is 6. The second kappa shape index (κ2) is 4.56. The van der Waals surface area contributed by atoms with Crippen LogP contribution in [0.1, 0.15) is 31.8 Å². The second-order valence-corrected chi connectivity index (χ2v) is 3.47. The zero-order chi connectivity index (χ0) is 15.0. The van der Waals surface area contributed by atoms with Gasteiger partial charge in [0.1, 0.15) is 0 Å². The Morgan fingerprint density at radius 3 is 1.89 bits per heavy atom. The van der Waals surface area contributed by atoms with Crippen molar-refractivity contribution in [3.05, 3.63) is 34.4 Å². The molecule has 0 aliphatic carbocycles. The zero-order valence-corrected chi connectivity index (χ0v) is 8.89. The van der Waals surface area contributed by atoms with Gasteiger partial charge in [-0.1, -0.05) is 0 Å². The van der Waals surface area contributed by atoms with Gasteiger partial charge in [0.25, 0.3) is 0 Å². The van der Waals surface area contributed by atoms with Crippen LogP contribution in [0, 0.1) is 0 Å². The lowest BCUT2D eigenvalue weighted by molar-refractivity contribution is -0.162. The highest BCUT2D eigenvalue weighted by Gasteiger charge is 2.45. The van der Waals surface area contributed by atoms with Crippen molar-refractivity contribution in [2.45, 2.75) is 12.4 Å². The summed E-state index contributed by atoms with van der Waals surface area (Å²) in [6.45, 7) is 0. The minimum atomic E-state index is -5.39. The summed E-state index contributed by atoms with van der Waals surface area (Å²) in [5, 5.41) is 0. The summed E-state index contributed by atoms with van der Waals surface area (Å²) in [6, 6.07) is 0.339. The largest absolute Gasteiger partial charge is 0.417 e. The van der Waals surface area contributed by atoms with Crippen molar-refractivity contribution >= 4 is 12.2 Å². The van der Waals surface area contributed by atoms with E-state index in [-0.39, 0.29) is 6.07 Å². The van der Waals surface area contributed by atoms with E-state index in [1.807, 2.05) is 0 Å². The summed E-state index contributed by atoms with van der Waals surface area (Å²) in [4.78, 5) is 21.3. The third kappa shape index (κ3) is 3.04. The number of hydrogen-bond donors (Lipinski definition) is 1. The van der Waals surface area contributed by atoms with Crippen LogP contribution in [0.15, 0.2) is 12.1 Å². The Morgan fingerprint density at radius 2 is 1.58 bits per heavy atom. The first-order valence-electron chi connectivity index (χ1n) is 4.56. The summed E-state index contributed by atoms with van der Waals surface area (Å²) in [7, 11) is 0. The Bertz CT molecular complexity index is 532. The monoisotopic (exact) mass is 285 g/mol. The number of rotatable bonds is 2. The smallest absolute Gasteiger partial charge is 0.366 e. The van der Waals surface area contributed by atoms with E-state index in [0.717, 1.165) is 0 Å². The third-order valence-corrected chi connectivity index (χ3v) is 2.17. The molecule has 1 rings (SSSR count). The summed E-state index contributed by atoms with van der Waals surface area (Å²) in [6.07, 6.45) is -11.2. The van der Waals surface area contributed by atoms with E-state index >= 15 is 0 Å². The predicted octanol–water partition coefficient (Wildman–Crippen LogP) is 2.64. The van der Waals surface area contributed by atoms with Crippen LogP contribution < -0.4 is 5.73 Å². The number of amides is 1. The van der Waals surface area contributed by atoms with Gasteiger partial charge in [-0.15, -0.1) is 0 Å². The van der Waals surface area contributed by atoms with Gasteiger partial charge in [-0.2, -0.15) is 26.3 Å². The fourth-order valence-electron chi connectivity index (χ4n) is 1.44. The van der Waals surface area contributed by atoms with Crippen LogP contribution >= 0.6 is 0 Å². The van der Waals surface area contributed by atoms with Gasteiger partial charge >= 0.3 is 12.4 Å². The summed E-state index contributed by atoms with van der Waals surface area (Å²) in [5.74, 6) is -1.37. The lowest BCUT2D eigenvalue weighted by atomic mass is 9.97. The first-order valence-corrected chi connectivity index (χ1v) is 4.56. The quantitative estimate of drug-likeness (QED) is 0.670. The molecule has 0 unspecified atom stereocenters. The van der Waals surface area contributed by atoms with Gasteiger partial charge in [-0.3, -0.25) is 9.59 Å². The molecule has 2 N–H and O–H groups in total. The molecule has 0 saturated carbocycles. The average molecular weight is 285 g/mol. The molecule has 0 aromatic heterocycles. The first kappa shape index (κ1) is 15.0. The fraction of sp³-hybridized carbons (Fsp3) is 0.200. The van der Waals surface area contributed by atoms with Crippen LogP contribution in [-0.4, -0.2) is 12.2 Å². The normalized spacial score (nSPS) is 12.3. The van der Waals surface area contributed by atoms with E-state index < -0.39 is 46.8 Å². The number of nitrogens with two attached hydrogens (primary N) is 1. The highest BCUT2D eigenvalue weighted by molar-refractivity contribution is 5.95. The van der Waals surface area contributed by atoms with Crippen LogP contribution in [0.25, 0.3) is 0 Å². The van der Waals surface area contributed by atoms with Crippen LogP contribution in [-0.2, 0) is 12.4 Å². The standard InChI is InChI=1S/C10H5F6NO2/c11-9(12,13)6-2-4(8(17)19)1-5(3-18)7(6)10(14,15)16/h1-3H,(H2,17,19). The van der Waals surface area contributed by atoms with Gasteiger partial charge in [0.2, 0.25) is 5.91 Å². The molecule has 1 amide bonds. The molecule has 104 valence electrons. The molecule has 9 heteroatoms.